The lowest BCUT2D eigenvalue weighted by Gasteiger charge is -2.19. The van der Waals surface area contributed by atoms with Crippen LogP contribution in [0.25, 0.3) is 0 Å². The third kappa shape index (κ3) is 4.65. The molecule has 76 valence electrons. The largest absolute Gasteiger partial charge is 0.394 e. The van der Waals surface area contributed by atoms with Gasteiger partial charge in [0, 0.05) is 6.42 Å². The van der Waals surface area contributed by atoms with Gasteiger partial charge in [0.15, 0.2) is 0 Å². The summed E-state index contributed by atoms with van der Waals surface area (Å²) in [7, 11) is 0. The van der Waals surface area contributed by atoms with Crippen molar-refractivity contribution >= 4 is 5.91 Å². The highest BCUT2D eigenvalue weighted by molar-refractivity contribution is 5.75. The van der Waals surface area contributed by atoms with E-state index in [1.165, 1.54) is 6.08 Å². The van der Waals surface area contributed by atoms with E-state index in [2.05, 4.69) is 5.32 Å². The number of allylic oxidation sites excluding steroid dienone is 1. The molecule has 0 aliphatic rings. The number of aliphatic hydroxyl groups excluding tert-OH is 2. The Kier molecular flexibility index (Phi) is 6.18. The van der Waals surface area contributed by atoms with Crippen molar-refractivity contribution in [1.29, 1.82) is 0 Å². The number of hydrogen-bond acceptors (Lipinski definition) is 3. The molecule has 0 aromatic rings. The Morgan fingerprint density at radius 3 is 2.62 bits per heavy atom. The zero-order valence-corrected chi connectivity index (χ0v) is 8.03. The summed E-state index contributed by atoms with van der Waals surface area (Å²) in [5.41, 5.74) is 0. The van der Waals surface area contributed by atoms with Crippen LogP contribution in [0.1, 0.15) is 20.3 Å². The van der Waals surface area contributed by atoms with Gasteiger partial charge in [0.25, 0.3) is 0 Å². The molecule has 4 nitrogen and oxygen atoms in total. The fourth-order valence-corrected chi connectivity index (χ4v) is 0.879. The van der Waals surface area contributed by atoms with Crippen molar-refractivity contribution in [1.82, 2.24) is 5.32 Å². The Morgan fingerprint density at radius 1 is 1.62 bits per heavy atom. The van der Waals surface area contributed by atoms with Crippen LogP contribution in [0.5, 0.6) is 0 Å². The predicted octanol–water partition coefficient (Wildman–Crippen LogP) is -0.190. The van der Waals surface area contributed by atoms with Crippen molar-refractivity contribution in [2.75, 3.05) is 6.61 Å². The summed E-state index contributed by atoms with van der Waals surface area (Å²) in [5.74, 6) is -0.178. The van der Waals surface area contributed by atoms with Gasteiger partial charge in [-0.3, -0.25) is 4.79 Å². The smallest absolute Gasteiger partial charge is 0.220 e. The first-order valence-electron chi connectivity index (χ1n) is 4.36. The van der Waals surface area contributed by atoms with Crippen molar-refractivity contribution < 1.29 is 15.0 Å². The molecule has 0 heterocycles. The van der Waals surface area contributed by atoms with Gasteiger partial charge in [-0.15, -0.1) is 0 Å². The quantitative estimate of drug-likeness (QED) is 0.522. The molecule has 4 heteroatoms. The molecular weight excluding hydrogens is 170 g/mol. The van der Waals surface area contributed by atoms with Crippen LogP contribution < -0.4 is 5.32 Å². The minimum atomic E-state index is -0.828. The predicted molar refractivity (Wildman–Crippen MR) is 50.1 cm³/mol. The molecule has 0 spiro atoms. The van der Waals surface area contributed by atoms with Crippen LogP contribution in [0.3, 0.4) is 0 Å². The first-order chi connectivity index (χ1) is 6.15. The molecule has 0 rings (SSSR count). The Morgan fingerprint density at radius 2 is 2.23 bits per heavy atom. The molecule has 2 atom stereocenters. The van der Waals surface area contributed by atoms with Crippen LogP contribution in [0.4, 0.5) is 0 Å². The van der Waals surface area contributed by atoms with E-state index in [0.717, 1.165) is 0 Å². The molecule has 0 aliphatic carbocycles. The zero-order valence-electron chi connectivity index (χ0n) is 8.03. The summed E-state index contributed by atoms with van der Waals surface area (Å²) in [6.45, 7) is 3.21. The van der Waals surface area contributed by atoms with Gasteiger partial charge >= 0.3 is 0 Å². The molecule has 0 aromatic carbocycles. The molecule has 0 bridgehead atoms. The lowest BCUT2D eigenvalue weighted by atomic mass is 10.1. The van der Waals surface area contributed by atoms with Gasteiger partial charge < -0.3 is 15.5 Å². The van der Waals surface area contributed by atoms with Gasteiger partial charge in [-0.2, -0.15) is 0 Å². The van der Waals surface area contributed by atoms with E-state index in [1.807, 2.05) is 0 Å². The van der Waals surface area contributed by atoms with E-state index in [4.69, 9.17) is 5.11 Å². The second kappa shape index (κ2) is 6.62. The Balaban J connectivity index is 4.08. The third-order valence-corrected chi connectivity index (χ3v) is 1.67. The molecule has 1 amide bonds. The molecule has 0 aromatic heterocycles. The van der Waals surface area contributed by atoms with E-state index >= 15 is 0 Å². The summed E-state index contributed by atoms with van der Waals surface area (Å²) in [5, 5.41) is 20.8. The minimum absolute atomic E-state index is 0.178. The Bertz CT molecular complexity index is 180. The molecule has 0 fully saturated rings. The van der Waals surface area contributed by atoms with Crippen molar-refractivity contribution in [3.8, 4) is 0 Å². The van der Waals surface area contributed by atoms with E-state index in [1.54, 1.807) is 19.9 Å². The van der Waals surface area contributed by atoms with Crippen LogP contribution >= 0.6 is 0 Å². The summed E-state index contributed by atoms with van der Waals surface area (Å²) in [6.07, 6.45) is 2.71. The van der Waals surface area contributed by atoms with E-state index in [-0.39, 0.29) is 12.5 Å². The van der Waals surface area contributed by atoms with E-state index in [0.29, 0.717) is 6.42 Å². The maximum Gasteiger partial charge on any atom is 0.220 e. The zero-order chi connectivity index (χ0) is 10.3. The number of carbonyl (C=O) groups excluding carboxylic acids is 1. The van der Waals surface area contributed by atoms with Crippen LogP contribution in [-0.2, 0) is 4.79 Å². The molecule has 0 saturated carbocycles. The number of hydrogen-bond donors (Lipinski definition) is 3. The SMILES string of the molecule is C/C=C/C(O)C(CO)NC(=O)CC. The van der Waals surface area contributed by atoms with Crippen LogP contribution in [0.15, 0.2) is 12.2 Å². The fraction of sp³-hybridized carbons (Fsp3) is 0.667. The molecule has 2 unspecified atom stereocenters. The lowest BCUT2D eigenvalue weighted by Crippen LogP contribution is -2.44. The highest BCUT2D eigenvalue weighted by Crippen LogP contribution is 1.95. The van der Waals surface area contributed by atoms with Gasteiger partial charge in [0.05, 0.1) is 18.8 Å². The van der Waals surface area contributed by atoms with Crippen molar-refractivity contribution in [3.63, 3.8) is 0 Å². The van der Waals surface area contributed by atoms with Gasteiger partial charge in [0.1, 0.15) is 0 Å². The van der Waals surface area contributed by atoms with E-state index in [9.17, 15) is 9.90 Å². The molecule has 0 saturated heterocycles. The molecule has 13 heavy (non-hydrogen) atoms. The summed E-state index contributed by atoms with van der Waals surface area (Å²) >= 11 is 0. The normalized spacial score (nSPS) is 15.7. The number of amides is 1. The average Bonchev–Trinajstić information content (AvgIpc) is 2.14. The summed E-state index contributed by atoms with van der Waals surface area (Å²) in [6, 6.07) is -0.608. The number of nitrogens with one attached hydrogen (secondary N) is 1. The number of aliphatic hydroxyl groups is 2. The Hall–Kier alpha value is -0.870. The highest BCUT2D eigenvalue weighted by Gasteiger charge is 2.16. The first kappa shape index (κ1) is 12.1. The van der Waals surface area contributed by atoms with Gasteiger partial charge in [-0.1, -0.05) is 19.1 Å². The standard InChI is InChI=1S/C9H17NO3/c1-3-5-8(12)7(6-11)10-9(13)4-2/h3,5,7-8,11-12H,4,6H2,1-2H3,(H,10,13)/b5-3+. The van der Waals surface area contributed by atoms with Gasteiger partial charge in [-0.25, -0.2) is 0 Å². The third-order valence-electron chi connectivity index (χ3n) is 1.67. The van der Waals surface area contributed by atoms with Crippen molar-refractivity contribution in [3.05, 3.63) is 12.2 Å². The van der Waals surface area contributed by atoms with Crippen LogP contribution in [0.2, 0.25) is 0 Å². The van der Waals surface area contributed by atoms with Crippen molar-refractivity contribution in [2.24, 2.45) is 0 Å². The Labute approximate surface area is 78.3 Å². The minimum Gasteiger partial charge on any atom is -0.394 e. The lowest BCUT2D eigenvalue weighted by molar-refractivity contribution is -0.122. The number of rotatable bonds is 5. The second-order valence-electron chi connectivity index (χ2n) is 2.73. The molecular formula is C9H17NO3. The molecule has 0 aliphatic heterocycles. The maximum absolute atomic E-state index is 10.9. The average molecular weight is 187 g/mol. The highest BCUT2D eigenvalue weighted by atomic mass is 16.3. The van der Waals surface area contributed by atoms with Gasteiger partial charge in [0.2, 0.25) is 5.91 Å². The van der Waals surface area contributed by atoms with Crippen LogP contribution in [0, 0.1) is 0 Å². The first-order valence-corrected chi connectivity index (χ1v) is 4.36. The van der Waals surface area contributed by atoms with Gasteiger partial charge in [-0.05, 0) is 6.92 Å². The fourth-order valence-electron chi connectivity index (χ4n) is 0.879. The van der Waals surface area contributed by atoms with Crippen molar-refractivity contribution in [2.45, 2.75) is 32.4 Å². The van der Waals surface area contributed by atoms with Crippen LogP contribution in [-0.4, -0.2) is 34.9 Å². The maximum atomic E-state index is 10.9. The summed E-state index contributed by atoms with van der Waals surface area (Å²) in [4.78, 5) is 10.9. The number of carbonyl (C=O) groups is 1. The summed E-state index contributed by atoms with van der Waals surface area (Å²) < 4.78 is 0. The monoisotopic (exact) mass is 187 g/mol. The topological polar surface area (TPSA) is 69.6 Å². The second-order valence-corrected chi connectivity index (χ2v) is 2.73. The van der Waals surface area contributed by atoms with E-state index < -0.39 is 12.1 Å². The molecule has 3 N–H and O–H groups in total. The molecule has 0 radical (unpaired) electrons.